The molecule has 0 radical (unpaired) electrons. The topological polar surface area (TPSA) is 56.6 Å². The van der Waals surface area contributed by atoms with Gasteiger partial charge in [-0.2, -0.15) is 0 Å². The van der Waals surface area contributed by atoms with Crippen LogP contribution in [0.2, 0.25) is 0 Å². The van der Waals surface area contributed by atoms with E-state index in [0.29, 0.717) is 5.92 Å². The molecule has 0 bridgehead atoms. The minimum Gasteiger partial charge on any atom is -0.396 e. The summed E-state index contributed by atoms with van der Waals surface area (Å²) >= 11 is 0. The van der Waals surface area contributed by atoms with Crippen LogP contribution < -0.4 is 4.90 Å². The van der Waals surface area contributed by atoms with Gasteiger partial charge in [-0.05, 0) is 36.5 Å². The second-order valence-electron chi connectivity index (χ2n) is 5.43. The number of aromatic nitrogens is 1. The Morgan fingerprint density at radius 1 is 1.15 bits per heavy atom. The molecule has 0 unspecified atom stereocenters. The molecule has 1 aliphatic heterocycles. The van der Waals surface area contributed by atoms with Crippen LogP contribution in [0.1, 0.15) is 18.4 Å². The Balaban J connectivity index is 1.92. The molecule has 106 valence electrons. The summed E-state index contributed by atoms with van der Waals surface area (Å²) in [5.41, 5.74) is 1.85. The zero-order valence-corrected chi connectivity index (χ0v) is 11.5. The monoisotopic (exact) mass is 272 g/mol. The minimum atomic E-state index is 0.0309. The van der Waals surface area contributed by atoms with Crippen LogP contribution in [0.5, 0.6) is 0 Å². The first kappa shape index (κ1) is 13.3. The number of hydrogen-bond acceptors (Lipinski definition) is 4. The van der Waals surface area contributed by atoms with Crippen LogP contribution in [0.3, 0.4) is 0 Å². The van der Waals surface area contributed by atoms with E-state index in [1.807, 2.05) is 30.3 Å². The van der Waals surface area contributed by atoms with Gasteiger partial charge in [-0.15, -0.1) is 0 Å². The van der Waals surface area contributed by atoms with Crippen LogP contribution in [0.25, 0.3) is 10.9 Å². The second-order valence-corrected chi connectivity index (χ2v) is 5.43. The summed E-state index contributed by atoms with van der Waals surface area (Å²) in [7, 11) is 0. The average Bonchev–Trinajstić information content (AvgIpc) is 2.54. The number of aliphatic hydroxyl groups excluding tert-OH is 2. The van der Waals surface area contributed by atoms with Crippen molar-refractivity contribution in [2.45, 2.75) is 19.4 Å². The maximum atomic E-state index is 9.56. The highest BCUT2D eigenvalue weighted by Gasteiger charge is 2.20. The van der Waals surface area contributed by atoms with Gasteiger partial charge in [-0.25, -0.2) is 4.98 Å². The summed E-state index contributed by atoms with van der Waals surface area (Å²) in [6, 6.07) is 9.91. The molecule has 4 heteroatoms. The first-order valence-corrected chi connectivity index (χ1v) is 7.17. The van der Waals surface area contributed by atoms with E-state index in [2.05, 4.69) is 4.90 Å². The smallest absolute Gasteiger partial charge is 0.129 e. The van der Waals surface area contributed by atoms with Gasteiger partial charge in [-0.3, -0.25) is 0 Å². The Morgan fingerprint density at radius 2 is 1.90 bits per heavy atom. The highest BCUT2D eigenvalue weighted by Crippen LogP contribution is 2.26. The van der Waals surface area contributed by atoms with E-state index in [9.17, 15) is 10.2 Å². The van der Waals surface area contributed by atoms with E-state index in [4.69, 9.17) is 4.98 Å². The predicted octanol–water partition coefficient (Wildman–Crippen LogP) is 1.94. The SMILES string of the molecule is OCc1cc(N2CCC(CO)CC2)nc2ccccc12. The lowest BCUT2D eigenvalue weighted by atomic mass is 9.98. The molecule has 4 nitrogen and oxygen atoms in total. The molecule has 20 heavy (non-hydrogen) atoms. The Labute approximate surface area is 118 Å². The number of piperidine rings is 1. The molecular weight excluding hydrogens is 252 g/mol. The van der Waals surface area contributed by atoms with Gasteiger partial charge in [0.1, 0.15) is 5.82 Å². The van der Waals surface area contributed by atoms with Crippen LogP contribution in [0.15, 0.2) is 30.3 Å². The average molecular weight is 272 g/mol. The molecule has 2 N–H and O–H groups in total. The van der Waals surface area contributed by atoms with Gasteiger partial charge in [0.15, 0.2) is 0 Å². The van der Waals surface area contributed by atoms with Crippen LogP contribution in [-0.2, 0) is 6.61 Å². The fourth-order valence-corrected chi connectivity index (χ4v) is 2.87. The molecular formula is C16H20N2O2. The van der Waals surface area contributed by atoms with Crippen molar-refractivity contribution in [2.75, 3.05) is 24.6 Å². The number of para-hydroxylation sites is 1. The number of rotatable bonds is 3. The summed E-state index contributed by atoms with van der Waals surface area (Å²) in [4.78, 5) is 6.96. The van der Waals surface area contributed by atoms with Crippen LogP contribution >= 0.6 is 0 Å². The molecule has 1 aromatic heterocycles. The molecule has 2 aromatic rings. The summed E-state index contributed by atoms with van der Waals surface area (Å²) in [6.07, 6.45) is 2.00. The third-order valence-electron chi connectivity index (χ3n) is 4.16. The van der Waals surface area contributed by atoms with Gasteiger partial charge in [0.2, 0.25) is 0 Å². The van der Waals surface area contributed by atoms with E-state index in [-0.39, 0.29) is 13.2 Å². The predicted molar refractivity (Wildman–Crippen MR) is 79.7 cm³/mol. The Bertz CT molecular complexity index is 592. The number of anilines is 1. The van der Waals surface area contributed by atoms with Gasteiger partial charge in [-0.1, -0.05) is 18.2 Å². The van der Waals surface area contributed by atoms with Gasteiger partial charge < -0.3 is 15.1 Å². The van der Waals surface area contributed by atoms with Crippen molar-refractivity contribution < 1.29 is 10.2 Å². The van der Waals surface area contributed by atoms with Crippen LogP contribution in [0.4, 0.5) is 5.82 Å². The zero-order chi connectivity index (χ0) is 13.9. The molecule has 1 aromatic carbocycles. The Hall–Kier alpha value is -1.65. The number of pyridine rings is 1. The normalized spacial score (nSPS) is 16.8. The second kappa shape index (κ2) is 5.77. The van der Waals surface area contributed by atoms with Crippen molar-refractivity contribution in [3.63, 3.8) is 0 Å². The first-order valence-electron chi connectivity index (χ1n) is 7.17. The number of nitrogens with zero attached hydrogens (tertiary/aromatic N) is 2. The van der Waals surface area contributed by atoms with Crippen LogP contribution in [-0.4, -0.2) is 34.9 Å². The van der Waals surface area contributed by atoms with E-state index >= 15 is 0 Å². The van der Waals surface area contributed by atoms with Crippen molar-refractivity contribution in [1.29, 1.82) is 0 Å². The first-order chi connectivity index (χ1) is 9.81. The van der Waals surface area contributed by atoms with Crippen molar-refractivity contribution in [2.24, 2.45) is 5.92 Å². The number of hydrogen-bond donors (Lipinski definition) is 2. The van der Waals surface area contributed by atoms with E-state index in [1.54, 1.807) is 0 Å². The lowest BCUT2D eigenvalue weighted by Crippen LogP contribution is -2.35. The van der Waals surface area contributed by atoms with E-state index in [0.717, 1.165) is 48.2 Å². The highest BCUT2D eigenvalue weighted by atomic mass is 16.3. The van der Waals surface area contributed by atoms with Gasteiger partial charge >= 0.3 is 0 Å². The quantitative estimate of drug-likeness (QED) is 0.896. The Morgan fingerprint density at radius 3 is 2.60 bits per heavy atom. The molecule has 0 spiro atoms. The standard InChI is InChI=1S/C16H20N2O2/c19-10-12-5-7-18(8-6-12)16-9-13(11-20)14-3-1-2-4-15(14)17-16/h1-4,9,12,19-20H,5-8,10-11H2. The van der Waals surface area contributed by atoms with Crippen LogP contribution in [0, 0.1) is 5.92 Å². The summed E-state index contributed by atoms with van der Waals surface area (Å²) in [5.74, 6) is 1.35. The molecule has 1 aliphatic rings. The number of aliphatic hydroxyl groups is 2. The number of benzene rings is 1. The molecule has 3 rings (SSSR count). The zero-order valence-electron chi connectivity index (χ0n) is 11.5. The molecule has 1 fully saturated rings. The Kier molecular flexibility index (Phi) is 3.85. The fraction of sp³-hybridized carbons (Fsp3) is 0.438. The van der Waals surface area contributed by atoms with Gasteiger partial charge in [0.05, 0.1) is 12.1 Å². The van der Waals surface area contributed by atoms with Crippen molar-refractivity contribution in [3.05, 3.63) is 35.9 Å². The maximum absolute atomic E-state index is 9.56. The van der Waals surface area contributed by atoms with Gasteiger partial charge in [0.25, 0.3) is 0 Å². The molecule has 0 aliphatic carbocycles. The fourth-order valence-electron chi connectivity index (χ4n) is 2.87. The maximum Gasteiger partial charge on any atom is 0.129 e. The molecule has 0 saturated carbocycles. The third-order valence-corrected chi connectivity index (χ3v) is 4.16. The van der Waals surface area contributed by atoms with Crippen molar-refractivity contribution in [1.82, 2.24) is 4.98 Å². The molecule has 2 heterocycles. The number of fused-ring (bicyclic) bond motifs is 1. The van der Waals surface area contributed by atoms with Crippen molar-refractivity contribution in [3.8, 4) is 0 Å². The van der Waals surface area contributed by atoms with Gasteiger partial charge in [0, 0.05) is 25.1 Å². The lowest BCUT2D eigenvalue weighted by molar-refractivity contribution is 0.203. The summed E-state index contributed by atoms with van der Waals surface area (Å²) in [6.45, 7) is 2.15. The third kappa shape index (κ3) is 2.49. The lowest BCUT2D eigenvalue weighted by Gasteiger charge is -2.32. The van der Waals surface area contributed by atoms with E-state index in [1.165, 1.54) is 0 Å². The minimum absolute atomic E-state index is 0.0309. The summed E-state index contributed by atoms with van der Waals surface area (Å²) in [5, 5.41) is 19.8. The summed E-state index contributed by atoms with van der Waals surface area (Å²) < 4.78 is 0. The molecule has 1 saturated heterocycles. The molecule has 0 atom stereocenters. The highest BCUT2D eigenvalue weighted by molar-refractivity contribution is 5.84. The largest absolute Gasteiger partial charge is 0.396 e. The molecule has 0 amide bonds. The van der Waals surface area contributed by atoms with E-state index < -0.39 is 0 Å². The van der Waals surface area contributed by atoms with Crippen molar-refractivity contribution >= 4 is 16.7 Å².